The normalized spacial score (nSPS) is 15.6. The monoisotopic (exact) mass is 470 g/mol. The van der Waals surface area contributed by atoms with Gasteiger partial charge in [-0.3, -0.25) is 9.59 Å². The van der Waals surface area contributed by atoms with Crippen LogP contribution in [0.25, 0.3) is 11.1 Å². The summed E-state index contributed by atoms with van der Waals surface area (Å²) in [7, 11) is 0. The van der Waals surface area contributed by atoms with Gasteiger partial charge in [0.15, 0.2) is 0 Å². The van der Waals surface area contributed by atoms with Crippen LogP contribution < -0.4 is 5.32 Å². The first-order valence-electron chi connectivity index (χ1n) is 11.8. The van der Waals surface area contributed by atoms with E-state index in [1.165, 1.54) is 4.90 Å². The summed E-state index contributed by atoms with van der Waals surface area (Å²) in [5, 5.41) is 12.5. The molecule has 0 aromatic heterocycles. The molecule has 4 rings (SSSR count). The van der Waals surface area contributed by atoms with Gasteiger partial charge in [0.2, 0.25) is 0 Å². The van der Waals surface area contributed by atoms with Crippen molar-refractivity contribution in [1.29, 1.82) is 0 Å². The van der Waals surface area contributed by atoms with Crippen molar-refractivity contribution in [3.8, 4) is 11.1 Å². The van der Waals surface area contributed by atoms with Gasteiger partial charge >= 0.3 is 5.97 Å². The van der Waals surface area contributed by atoms with Gasteiger partial charge in [0.05, 0.1) is 6.04 Å². The summed E-state index contributed by atoms with van der Waals surface area (Å²) in [4.78, 5) is 39.1. The molecular weight excluding hydrogens is 440 g/mol. The molecule has 6 nitrogen and oxygen atoms in total. The number of aliphatic carboxylic acids is 1. The molecule has 3 aromatic rings. The number of carboxylic acid groups (broad SMARTS) is 1. The largest absolute Gasteiger partial charge is 0.480 e. The van der Waals surface area contributed by atoms with Gasteiger partial charge in [-0.2, -0.15) is 0 Å². The lowest BCUT2D eigenvalue weighted by Gasteiger charge is -2.28. The van der Waals surface area contributed by atoms with Crippen LogP contribution in [0.3, 0.4) is 0 Å². The number of fused-ring (bicyclic) bond motifs is 1. The van der Waals surface area contributed by atoms with E-state index in [1.807, 2.05) is 82.3 Å². The van der Waals surface area contributed by atoms with E-state index in [2.05, 4.69) is 5.32 Å². The summed E-state index contributed by atoms with van der Waals surface area (Å²) in [5.74, 6) is -1.39. The van der Waals surface area contributed by atoms with Crippen molar-refractivity contribution in [3.63, 3.8) is 0 Å². The number of rotatable bonds is 6. The third-order valence-corrected chi connectivity index (χ3v) is 6.77. The highest BCUT2D eigenvalue weighted by Gasteiger charge is 2.40. The molecule has 1 heterocycles. The van der Waals surface area contributed by atoms with E-state index in [0.29, 0.717) is 23.2 Å². The number of hydrogen-bond acceptors (Lipinski definition) is 3. The summed E-state index contributed by atoms with van der Waals surface area (Å²) < 4.78 is 0. The predicted octanol–water partition coefficient (Wildman–Crippen LogP) is 5.91. The zero-order valence-corrected chi connectivity index (χ0v) is 20.7. The lowest BCUT2D eigenvalue weighted by molar-refractivity contribution is -0.143. The number of nitrogens with one attached hydrogen (secondary N) is 1. The molecule has 0 bridgehead atoms. The van der Waals surface area contributed by atoms with Crippen molar-refractivity contribution in [2.45, 2.75) is 53.1 Å². The third kappa shape index (κ3) is 4.44. The number of carboxylic acids is 1. The van der Waals surface area contributed by atoms with Crippen LogP contribution in [0.1, 0.15) is 69.3 Å². The number of amides is 2. The maximum absolute atomic E-state index is 13.1. The highest BCUT2D eigenvalue weighted by molar-refractivity contribution is 6.06. The molecule has 180 valence electrons. The molecule has 1 aliphatic rings. The van der Waals surface area contributed by atoms with E-state index < -0.39 is 12.0 Å². The summed E-state index contributed by atoms with van der Waals surface area (Å²) in [6.07, 6.45) is 0.348. The van der Waals surface area contributed by atoms with Crippen LogP contribution in [0.2, 0.25) is 0 Å². The van der Waals surface area contributed by atoms with Crippen molar-refractivity contribution in [1.82, 2.24) is 4.90 Å². The van der Waals surface area contributed by atoms with Gasteiger partial charge in [-0.25, -0.2) is 4.79 Å². The maximum atomic E-state index is 13.1. The lowest BCUT2D eigenvalue weighted by atomic mass is 9.98. The van der Waals surface area contributed by atoms with Crippen LogP contribution in [-0.4, -0.2) is 33.8 Å². The second-order valence-corrected chi connectivity index (χ2v) is 9.26. The molecule has 0 spiro atoms. The standard InChI is InChI=1S/C29H30N2O4/c1-6-25(29(34)35)31-19(5)23-12-9-21(15-24(23)28(31)33)20-7-10-22(11-8-20)30-27(32)26-17(3)13-16(2)14-18(26)4/h7-15,19,25H,6H2,1-5H3,(H,30,32)(H,34,35). The first-order valence-corrected chi connectivity index (χ1v) is 11.8. The molecule has 2 unspecified atom stereocenters. The summed E-state index contributed by atoms with van der Waals surface area (Å²) >= 11 is 0. The molecule has 6 heteroatoms. The van der Waals surface area contributed by atoms with Crippen molar-refractivity contribution in [3.05, 3.63) is 88.0 Å². The summed E-state index contributed by atoms with van der Waals surface area (Å²) in [5.41, 5.74) is 7.51. The maximum Gasteiger partial charge on any atom is 0.326 e. The van der Waals surface area contributed by atoms with E-state index in [-0.39, 0.29) is 17.9 Å². The fourth-order valence-electron chi connectivity index (χ4n) is 5.13. The smallest absolute Gasteiger partial charge is 0.326 e. The second-order valence-electron chi connectivity index (χ2n) is 9.26. The SMILES string of the molecule is CCC(C(=O)O)N1C(=O)c2cc(-c3ccc(NC(=O)c4c(C)cc(C)cc4C)cc3)ccc2C1C. The highest BCUT2D eigenvalue weighted by Crippen LogP contribution is 2.38. The third-order valence-electron chi connectivity index (χ3n) is 6.77. The molecule has 0 saturated heterocycles. The molecule has 2 amide bonds. The van der Waals surface area contributed by atoms with Gasteiger partial charge in [-0.05, 0) is 80.1 Å². The average molecular weight is 471 g/mol. The lowest BCUT2D eigenvalue weighted by Crippen LogP contribution is -2.42. The molecule has 0 fully saturated rings. The molecule has 0 aliphatic carbocycles. The topological polar surface area (TPSA) is 86.7 Å². The first kappa shape index (κ1) is 24.2. The minimum Gasteiger partial charge on any atom is -0.480 e. The zero-order chi connectivity index (χ0) is 25.4. The van der Waals surface area contributed by atoms with Crippen LogP contribution in [0.4, 0.5) is 5.69 Å². The molecule has 2 atom stereocenters. The van der Waals surface area contributed by atoms with Gasteiger partial charge in [0.1, 0.15) is 6.04 Å². The Labute approximate surface area is 205 Å². The van der Waals surface area contributed by atoms with Crippen LogP contribution in [0, 0.1) is 20.8 Å². The van der Waals surface area contributed by atoms with Crippen molar-refractivity contribution in [2.24, 2.45) is 0 Å². The molecule has 0 saturated carbocycles. The van der Waals surface area contributed by atoms with Gasteiger partial charge in [0.25, 0.3) is 11.8 Å². The van der Waals surface area contributed by atoms with Crippen molar-refractivity contribution in [2.75, 3.05) is 5.32 Å². The molecule has 1 aliphatic heterocycles. The van der Waals surface area contributed by atoms with Crippen LogP contribution in [0.15, 0.2) is 54.6 Å². The Morgan fingerprint density at radius 1 is 0.971 bits per heavy atom. The number of anilines is 1. The number of benzene rings is 3. The number of carbonyl (C=O) groups excluding carboxylic acids is 2. The van der Waals surface area contributed by atoms with Gasteiger partial charge in [-0.1, -0.05) is 48.9 Å². The van der Waals surface area contributed by atoms with Gasteiger partial charge in [0, 0.05) is 16.8 Å². The molecule has 35 heavy (non-hydrogen) atoms. The van der Waals surface area contributed by atoms with E-state index in [0.717, 1.165) is 33.4 Å². The van der Waals surface area contributed by atoms with Gasteiger partial charge < -0.3 is 15.3 Å². The Kier molecular flexibility index (Phi) is 6.48. The highest BCUT2D eigenvalue weighted by atomic mass is 16.4. The Morgan fingerprint density at radius 2 is 1.57 bits per heavy atom. The van der Waals surface area contributed by atoms with Crippen LogP contribution in [0.5, 0.6) is 0 Å². The van der Waals surface area contributed by atoms with E-state index in [9.17, 15) is 19.5 Å². The Balaban J connectivity index is 1.56. The fraction of sp³-hybridized carbons (Fsp3) is 0.276. The molecule has 3 aromatic carbocycles. The Morgan fingerprint density at radius 3 is 2.14 bits per heavy atom. The molecule has 2 N–H and O–H groups in total. The van der Waals surface area contributed by atoms with Crippen LogP contribution >= 0.6 is 0 Å². The quantitative estimate of drug-likeness (QED) is 0.469. The van der Waals surface area contributed by atoms with E-state index in [4.69, 9.17) is 0 Å². The summed E-state index contributed by atoms with van der Waals surface area (Å²) in [6.45, 7) is 9.53. The van der Waals surface area contributed by atoms with Gasteiger partial charge in [-0.15, -0.1) is 0 Å². The summed E-state index contributed by atoms with van der Waals surface area (Å²) in [6, 6.07) is 16.0. The number of nitrogens with zero attached hydrogens (tertiary/aromatic N) is 1. The predicted molar refractivity (Wildman–Crippen MR) is 137 cm³/mol. The minimum absolute atomic E-state index is 0.145. The number of aryl methyl sites for hydroxylation is 3. The van der Waals surface area contributed by atoms with Crippen molar-refractivity contribution >= 4 is 23.5 Å². The average Bonchev–Trinajstić information content (AvgIpc) is 3.04. The zero-order valence-electron chi connectivity index (χ0n) is 20.7. The molecule has 0 radical (unpaired) electrons. The Hall–Kier alpha value is -3.93. The number of carbonyl (C=O) groups is 3. The van der Waals surface area contributed by atoms with Crippen molar-refractivity contribution < 1.29 is 19.5 Å². The number of hydrogen-bond donors (Lipinski definition) is 2. The van der Waals surface area contributed by atoms with Crippen LogP contribution in [-0.2, 0) is 4.79 Å². The van der Waals surface area contributed by atoms with E-state index >= 15 is 0 Å². The first-order chi connectivity index (χ1) is 16.6. The Bertz CT molecular complexity index is 1300. The second kappa shape index (κ2) is 9.37. The molecular formula is C29H30N2O4. The fourth-order valence-corrected chi connectivity index (χ4v) is 5.13. The van der Waals surface area contributed by atoms with E-state index in [1.54, 1.807) is 6.92 Å². The minimum atomic E-state index is -0.991.